The highest BCUT2D eigenvalue weighted by Gasteiger charge is 2.21. The lowest BCUT2D eigenvalue weighted by atomic mass is 9.94. The first-order valence-electron chi connectivity index (χ1n) is 3.68. The van der Waals surface area contributed by atoms with E-state index in [0.717, 1.165) is 6.42 Å². The second-order valence-corrected chi connectivity index (χ2v) is 2.66. The molecule has 0 saturated heterocycles. The average Bonchev–Trinajstić information content (AvgIpc) is 2.01. The lowest BCUT2D eigenvalue weighted by molar-refractivity contribution is 0.235. The molecule has 0 aromatic carbocycles. The molecule has 0 spiro atoms. The second-order valence-electron chi connectivity index (χ2n) is 2.66. The van der Waals surface area contributed by atoms with E-state index in [0.29, 0.717) is 6.42 Å². The molecule has 0 aliphatic heterocycles. The maximum atomic E-state index is 9.24. The van der Waals surface area contributed by atoms with Gasteiger partial charge in [0, 0.05) is 5.92 Å². The largest absolute Gasteiger partial charge is 0.508 e. The van der Waals surface area contributed by atoms with Crippen molar-refractivity contribution >= 4 is 0 Å². The SMILES string of the molecule is CCC1CC=C(O)C(O)=C1O. The van der Waals surface area contributed by atoms with Gasteiger partial charge in [0.1, 0.15) is 5.76 Å². The fourth-order valence-corrected chi connectivity index (χ4v) is 1.15. The Morgan fingerprint density at radius 2 is 2.09 bits per heavy atom. The van der Waals surface area contributed by atoms with Crippen molar-refractivity contribution in [2.45, 2.75) is 19.8 Å². The van der Waals surface area contributed by atoms with Gasteiger partial charge in [0.15, 0.2) is 11.5 Å². The third kappa shape index (κ3) is 1.31. The molecule has 3 N–H and O–H groups in total. The van der Waals surface area contributed by atoms with Crippen molar-refractivity contribution in [3.8, 4) is 0 Å². The molecule has 0 heterocycles. The molecule has 1 aliphatic rings. The lowest BCUT2D eigenvalue weighted by Gasteiger charge is -2.17. The highest BCUT2D eigenvalue weighted by atomic mass is 16.3. The Morgan fingerprint density at radius 1 is 1.45 bits per heavy atom. The van der Waals surface area contributed by atoms with Crippen LogP contribution in [0.1, 0.15) is 19.8 Å². The molecule has 0 fully saturated rings. The highest BCUT2D eigenvalue weighted by Crippen LogP contribution is 2.27. The van der Waals surface area contributed by atoms with E-state index in [2.05, 4.69) is 0 Å². The topological polar surface area (TPSA) is 60.7 Å². The molecule has 1 rings (SSSR count). The Labute approximate surface area is 65.3 Å². The first-order valence-corrected chi connectivity index (χ1v) is 3.68. The molecular formula is C8H12O3. The Kier molecular flexibility index (Phi) is 2.08. The summed E-state index contributed by atoms with van der Waals surface area (Å²) in [5, 5.41) is 27.3. The molecule has 0 saturated carbocycles. The van der Waals surface area contributed by atoms with E-state index in [1.54, 1.807) is 0 Å². The minimum Gasteiger partial charge on any atom is -0.508 e. The number of allylic oxidation sites excluding steroid dienone is 2. The van der Waals surface area contributed by atoms with Gasteiger partial charge in [-0.25, -0.2) is 0 Å². The summed E-state index contributed by atoms with van der Waals surface area (Å²) in [5.41, 5.74) is 0. The van der Waals surface area contributed by atoms with Crippen LogP contribution in [0.15, 0.2) is 23.4 Å². The van der Waals surface area contributed by atoms with E-state index < -0.39 is 0 Å². The molecule has 0 amide bonds. The summed E-state index contributed by atoms with van der Waals surface area (Å²) in [6, 6.07) is 0. The molecule has 3 nitrogen and oxygen atoms in total. The molecule has 3 heteroatoms. The van der Waals surface area contributed by atoms with Crippen LogP contribution in [-0.2, 0) is 0 Å². The number of aliphatic hydroxyl groups is 3. The van der Waals surface area contributed by atoms with Gasteiger partial charge in [0.2, 0.25) is 0 Å². The van der Waals surface area contributed by atoms with Crippen molar-refractivity contribution in [3.63, 3.8) is 0 Å². The van der Waals surface area contributed by atoms with Gasteiger partial charge in [0.25, 0.3) is 0 Å². The maximum Gasteiger partial charge on any atom is 0.195 e. The van der Waals surface area contributed by atoms with Crippen molar-refractivity contribution in [3.05, 3.63) is 23.4 Å². The second kappa shape index (κ2) is 2.86. The fourth-order valence-electron chi connectivity index (χ4n) is 1.15. The predicted molar refractivity (Wildman–Crippen MR) is 41.4 cm³/mol. The average molecular weight is 156 g/mol. The van der Waals surface area contributed by atoms with E-state index in [9.17, 15) is 5.11 Å². The standard InChI is InChI=1S/C8H12O3/c1-2-5-3-4-6(9)8(11)7(5)10/h4-5,9-11H,2-3H2,1H3. The molecule has 0 radical (unpaired) electrons. The lowest BCUT2D eigenvalue weighted by Crippen LogP contribution is -2.10. The molecule has 11 heavy (non-hydrogen) atoms. The van der Waals surface area contributed by atoms with Crippen LogP contribution >= 0.6 is 0 Å². The molecule has 1 unspecified atom stereocenters. The smallest absolute Gasteiger partial charge is 0.195 e. The summed E-state index contributed by atoms with van der Waals surface area (Å²) in [5.74, 6) is -0.714. The highest BCUT2D eigenvalue weighted by molar-refractivity contribution is 5.26. The number of aliphatic hydroxyl groups excluding tert-OH is 3. The molecule has 62 valence electrons. The van der Waals surface area contributed by atoms with Crippen molar-refractivity contribution < 1.29 is 15.3 Å². The van der Waals surface area contributed by atoms with Gasteiger partial charge in [-0.3, -0.25) is 0 Å². The number of hydrogen-bond donors (Lipinski definition) is 3. The zero-order chi connectivity index (χ0) is 8.43. The quantitative estimate of drug-likeness (QED) is 0.545. The summed E-state index contributed by atoms with van der Waals surface area (Å²) >= 11 is 0. The molecule has 0 aromatic heterocycles. The minimum absolute atomic E-state index is 0.0362. The Hall–Kier alpha value is -1.12. The van der Waals surface area contributed by atoms with Gasteiger partial charge >= 0.3 is 0 Å². The van der Waals surface area contributed by atoms with Crippen LogP contribution < -0.4 is 0 Å². The zero-order valence-electron chi connectivity index (χ0n) is 6.41. The first-order chi connectivity index (χ1) is 5.16. The van der Waals surface area contributed by atoms with Gasteiger partial charge in [-0.05, 0) is 18.9 Å². The van der Waals surface area contributed by atoms with Crippen molar-refractivity contribution in [2.75, 3.05) is 0 Å². The van der Waals surface area contributed by atoms with Crippen molar-refractivity contribution in [1.82, 2.24) is 0 Å². The third-order valence-corrected chi connectivity index (χ3v) is 1.96. The van der Waals surface area contributed by atoms with Crippen molar-refractivity contribution in [2.24, 2.45) is 5.92 Å². The first kappa shape index (κ1) is 7.98. The van der Waals surface area contributed by atoms with Crippen LogP contribution in [0.5, 0.6) is 0 Å². The molecule has 1 aliphatic carbocycles. The predicted octanol–water partition coefficient (Wildman–Crippen LogP) is 2.19. The number of rotatable bonds is 1. The van der Waals surface area contributed by atoms with Gasteiger partial charge in [0.05, 0.1) is 0 Å². The Bertz CT molecular complexity index is 215. The number of hydrogen-bond acceptors (Lipinski definition) is 3. The third-order valence-electron chi connectivity index (χ3n) is 1.96. The van der Waals surface area contributed by atoms with Crippen LogP contribution in [0.3, 0.4) is 0 Å². The van der Waals surface area contributed by atoms with E-state index in [1.165, 1.54) is 6.08 Å². The van der Waals surface area contributed by atoms with Crippen LogP contribution in [0.4, 0.5) is 0 Å². The molecular weight excluding hydrogens is 144 g/mol. The minimum atomic E-state index is -0.372. The summed E-state index contributed by atoms with van der Waals surface area (Å²) < 4.78 is 0. The summed E-state index contributed by atoms with van der Waals surface area (Å²) in [6.07, 6.45) is 2.88. The Balaban J connectivity index is 2.88. The zero-order valence-corrected chi connectivity index (χ0v) is 6.41. The van der Waals surface area contributed by atoms with Crippen LogP contribution in [-0.4, -0.2) is 15.3 Å². The van der Waals surface area contributed by atoms with E-state index >= 15 is 0 Å². The summed E-state index contributed by atoms with van der Waals surface area (Å²) in [7, 11) is 0. The summed E-state index contributed by atoms with van der Waals surface area (Å²) in [6.45, 7) is 1.92. The van der Waals surface area contributed by atoms with Crippen LogP contribution in [0.25, 0.3) is 0 Å². The normalized spacial score (nSPS) is 25.2. The van der Waals surface area contributed by atoms with Gasteiger partial charge in [-0.1, -0.05) is 6.92 Å². The van der Waals surface area contributed by atoms with Gasteiger partial charge in [-0.15, -0.1) is 0 Å². The van der Waals surface area contributed by atoms with E-state index in [-0.39, 0.29) is 23.2 Å². The Morgan fingerprint density at radius 3 is 2.64 bits per heavy atom. The van der Waals surface area contributed by atoms with E-state index in [1.807, 2.05) is 6.92 Å². The molecule has 0 bridgehead atoms. The van der Waals surface area contributed by atoms with Crippen LogP contribution in [0, 0.1) is 5.92 Å². The van der Waals surface area contributed by atoms with E-state index in [4.69, 9.17) is 10.2 Å². The summed E-state index contributed by atoms with van der Waals surface area (Å²) in [4.78, 5) is 0. The van der Waals surface area contributed by atoms with Gasteiger partial charge < -0.3 is 15.3 Å². The molecule has 1 atom stereocenters. The van der Waals surface area contributed by atoms with Gasteiger partial charge in [-0.2, -0.15) is 0 Å². The van der Waals surface area contributed by atoms with Crippen LogP contribution in [0.2, 0.25) is 0 Å². The van der Waals surface area contributed by atoms with Crippen molar-refractivity contribution in [1.29, 1.82) is 0 Å². The maximum absolute atomic E-state index is 9.24. The monoisotopic (exact) mass is 156 g/mol. The molecule has 0 aromatic rings. The fraction of sp³-hybridized carbons (Fsp3) is 0.500.